The summed E-state index contributed by atoms with van der Waals surface area (Å²) in [6.45, 7) is 5.76. The van der Waals surface area contributed by atoms with Crippen LogP contribution in [0.5, 0.6) is 0 Å². The number of nitrogens with one attached hydrogen (secondary N) is 1. The van der Waals surface area contributed by atoms with Gasteiger partial charge in [-0.3, -0.25) is 0 Å². The molecule has 3 N–H and O–H groups in total. The summed E-state index contributed by atoms with van der Waals surface area (Å²) >= 11 is 0. The molecule has 108 valence electrons. The summed E-state index contributed by atoms with van der Waals surface area (Å²) in [6, 6.07) is 0. The fourth-order valence-corrected chi connectivity index (χ4v) is 3.25. The number of hydrogen-bond acceptors (Lipinski definition) is 6. The highest BCUT2D eigenvalue weighted by Crippen LogP contribution is 2.30. The Morgan fingerprint density at radius 3 is 2.53 bits per heavy atom. The van der Waals surface area contributed by atoms with E-state index in [-0.39, 0.29) is 10.7 Å². The van der Waals surface area contributed by atoms with Crippen LogP contribution in [0.25, 0.3) is 0 Å². The van der Waals surface area contributed by atoms with Crippen molar-refractivity contribution in [2.24, 2.45) is 0 Å². The monoisotopic (exact) mass is 287 g/mol. The van der Waals surface area contributed by atoms with E-state index in [1.54, 1.807) is 4.68 Å². The number of aryl methyl sites for hydroxylation is 1. The van der Waals surface area contributed by atoms with Crippen molar-refractivity contribution in [2.45, 2.75) is 24.8 Å². The van der Waals surface area contributed by atoms with Crippen molar-refractivity contribution in [1.82, 2.24) is 15.1 Å². The van der Waals surface area contributed by atoms with Gasteiger partial charge >= 0.3 is 0 Å². The summed E-state index contributed by atoms with van der Waals surface area (Å²) in [7, 11) is -3.38. The molecule has 1 aliphatic heterocycles. The van der Waals surface area contributed by atoms with E-state index in [0.717, 1.165) is 32.6 Å². The van der Waals surface area contributed by atoms with E-state index in [2.05, 4.69) is 10.4 Å². The Kier molecular flexibility index (Phi) is 4.00. The molecule has 1 aromatic heterocycles. The summed E-state index contributed by atoms with van der Waals surface area (Å²) in [5.74, 6) is 0.743. The number of rotatable bonds is 4. The lowest BCUT2D eigenvalue weighted by Gasteiger charge is -2.27. The largest absolute Gasteiger partial charge is 0.383 e. The number of hydrogen-bond donors (Lipinski definition) is 2. The maximum atomic E-state index is 12.0. The van der Waals surface area contributed by atoms with E-state index in [9.17, 15) is 8.42 Å². The minimum absolute atomic E-state index is 0.169. The normalized spacial score (nSPS) is 16.8. The Hall–Kier alpha value is -1.28. The van der Waals surface area contributed by atoms with Crippen LogP contribution in [0, 0.1) is 0 Å². The third-order valence-corrected chi connectivity index (χ3v) is 4.29. The molecule has 2 heterocycles. The highest BCUT2D eigenvalue weighted by Gasteiger charge is 2.28. The number of anilines is 2. The first-order valence-electron chi connectivity index (χ1n) is 6.47. The van der Waals surface area contributed by atoms with Crippen LogP contribution in [0.2, 0.25) is 0 Å². The number of piperazine rings is 1. The third kappa shape index (κ3) is 2.84. The van der Waals surface area contributed by atoms with Crippen molar-refractivity contribution in [1.29, 1.82) is 0 Å². The van der Waals surface area contributed by atoms with E-state index in [1.165, 1.54) is 6.26 Å². The van der Waals surface area contributed by atoms with Crippen molar-refractivity contribution in [3.8, 4) is 0 Å². The smallest absolute Gasteiger partial charge is 0.182 e. The van der Waals surface area contributed by atoms with Crippen molar-refractivity contribution in [2.75, 3.05) is 43.1 Å². The van der Waals surface area contributed by atoms with Gasteiger partial charge in [-0.05, 0) is 6.42 Å². The lowest BCUT2D eigenvalue weighted by Crippen LogP contribution is -2.44. The van der Waals surface area contributed by atoms with Gasteiger partial charge in [0.2, 0.25) is 0 Å². The summed E-state index contributed by atoms with van der Waals surface area (Å²) in [5.41, 5.74) is 5.96. The molecule has 0 saturated carbocycles. The molecule has 0 unspecified atom stereocenters. The van der Waals surface area contributed by atoms with Gasteiger partial charge in [-0.2, -0.15) is 5.10 Å². The highest BCUT2D eigenvalue weighted by atomic mass is 32.2. The lowest BCUT2D eigenvalue weighted by molar-refractivity contribution is 0.567. The Balaban J connectivity index is 2.48. The first-order valence-corrected chi connectivity index (χ1v) is 8.36. The second-order valence-corrected chi connectivity index (χ2v) is 6.72. The fraction of sp³-hybridized carbons (Fsp3) is 0.727. The Morgan fingerprint density at radius 1 is 1.37 bits per heavy atom. The van der Waals surface area contributed by atoms with Gasteiger partial charge in [-0.15, -0.1) is 0 Å². The van der Waals surface area contributed by atoms with Crippen molar-refractivity contribution in [3.63, 3.8) is 0 Å². The van der Waals surface area contributed by atoms with Crippen LogP contribution < -0.4 is 16.0 Å². The van der Waals surface area contributed by atoms with Crippen LogP contribution >= 0.6 is 0 Å². The van der Waals surface area contributed by atoms with E-state index in [1.807, 2.05) is 11.8 Å². The highest BCUT2D eigenvalue weighted by molar-refractivity contribution is 7.91. The van der Waals surface area contributed by atoms with Gasteiger partial charge in [0.25, 0.3) is 0 Å². The number of nitrogens with zero attached hydrogens (tertiary/aromatic N) is 3. The standard InChI is InChI=1S/C11H21N5O2S/c1-3-6-16-10(12)9(19(2,17)18)11(14-16)15-7-4-13-5-8-15/h13H,3-8,12H2,1-2H3. The van der Waals surface area contributed by atoms with Gasteiger partial charge in [0.05, 0.1) is 0 Å². The van der Waals surface area contributed by atoms with Crippen molar-refractivity contribution >= 4 is 21.5 Å². The second kappa shape index (κ2) is 5.38. The van der Waals surface area contributed by atoms with Gasteiger partial charge in [-0.1, -0.05) is 6.92 Å². The minimum atomic E-state index is -3.38. The fourth-order valence-electron chi connectivity index (χ4n) is 2.27. The average molecular weight is 287 g/mol. The predicted molar refractivity (Wildman–Crippen MR) is 75.1 cm³/mol. The quantitative estimate of drug-likeness (QED) is 0.789. The topological polar surface area (TPSA) is 93.2 Å². The third-order valence-electron chi connectivity index (χ3n) is 3.15. The van der Waals surface area contributed by atoms with Crippen molar-refractivity contribution < 1.29 is 8.42 Å². The van der Waals surface area contributed by atoms with Gasteiger partial charge in [0, 0.05) is 39.0 Å². The molecule has 1 saturated heterocycles. The number of sulfone groups is 1. The number of aromatic nitrogens is 2. The van der Waals surface area contributed by atoms with Gasteiger partial charge in [0.1, 0.15) is 5.82 Å². The zero-order valence-corrected chi connectivity index (χ0v) is 12.2. The maximum absolute atomic E-state index is 12.0. The van der Waals surface area contributed by atoms with Crippen molar-refractivity contribution in [3.05, 3.63) is 0 Å². The summed E-state index contributed by atoms with van der Waals surface area (Å²) in [6.07, 6.45) is 2.04. The maximum Gasteiger partial charge on any atom is 0.182 e. The Bertz CT molecular complexity index is 546. The minimum Gasteiger partial charge on any atom is -0.383 e. The molecule has 8 heteroatoms. The number of nitrogens with two attached hydrogens (primary N) is 1. The van der Waals surface area contributed by atoms with E-state index in [4.69, 9.17) is 5.73 Å². The van der Waals surface area contributed by atoms with Crippen LogP contribution in [0.3, 0.4) is 0 Å². The summed E-state index contributed by atoms with van der Waals surface area (Å²) in [5, 5.41) is 7.63. The van der Waals surface area contributed by atoms with Crippen LogP contribution in [-0.4, -0.2) is 50.6 Å². The second-order valence-electron chi connectivity index (χ2n) is 4.77. The van der Waals surface area contributed by atoms with Gasteiger partial charge in [-0.25, -0.2) is 13.1 Å². The average Bonchev–Trinajstić information content (AvgIpc) is 2.68. The first-order chi connectivity index (χ1) is 8.95. The summed E-state index contributed by atoms with van der Waals surface area (Å²) < 4.78 is 25.5. The molecule has 0 radical (unpaired) electrons. The molecule has 0 bridgehead atoms. The molecule has 0 spiro atoms. The molecule has 0 amide bonds. The van der Waals surface area contributed by atoms with E-state index in [0.29, 0.717) is 12.4 Å². The van der Waals surface area contributed by atoms with Gasteiger partial charge in [0.15, 0.2) is 20.6 Å². The van der Waals surface area contributed by atoms with Crippen LogP contribution in [0.1, 0.15) is 13.3 Å². The van der Waals surface area contributed by atoms with E-state index >= 15 is 0 Å². The first kappa shape index (κ1) is 14.1. The van der Waals surface area contributed by atoms with Gasteiger partial charge < -0.3 is 16.0 Å². The molecule has 1 aromatic rings. The molecular formula is C11H21N5O2S. The number of nitrogen functional groups attached to an aromatic ring is 1. The lowest BCUT2D eigenvalue weighted by atomic mass is 10.3. The summed E-state index contributed by atoms with van der Waals surface area (Å²) in [4.78, 5) is 2.15. The molecule has 19 heavy (non-hydrogen) atoms. The molecule has 0 aliphatic carbocycles. The molecule has 0 aromatic carbocycles. The Labute approximate surface area is 113 Å². The molecule has 0 atom stereocenters. The predicted octanol–water partition coefficient (Wildman–Crippen LogP) is -0.312. The Morgan fingerprint density at radius 2 is 2.00 bits per heavy atom. The van der Waals surface area contributed by atoms with Crippen LogP contribution in [0.15, 0.2) is 4.90 Å². The van der Waals surface area contributed by atoms with Crippen LogP contribution in [-0.2, 0) is 16.4 Å². The zero-order valence-electron chi connectivity index (χ0n) is 11.4. The molecular weight excluding hydrogens is 266 g/mol. The SMILES string of the molecule is CCCn1nc(N2CCNCC2)c(S(C)(=O)=O)c1N. The zero-order chi connectivity index (χ0) is 14.0. The molecule has 7 nitrogen and oxygen atoms in total. The molecule has 2 rings (SSSR count). The molecule has 1 aliphatic rings. The van der Waals surface area contributed by atoms with Crippen LogP contribution in [0.4, 0.5) is 11.6 Å². The molecule has 1 fully saturated rings. The van der Waals surface area contributed by atoms with E-state index < -0.39 is 9.84 Å².